The van der Waals surface area contributed by atoms with Crippen LogP contribution < -0.4 is 16.0 Å². The van der Waals surface area contributed by atoms with Gasteiger partial charge in [0, 0.05) is 18.9 Å². The summed E-state index contributed by atoms with van der Waals surface area (Å²) < 4.78 is 0. The van der Waals surface area contributed by atoms with Crippen molar-refractivity contribution in [3.8, 4) is 0 Å². The number of hydrogen-bond acceptors (Lipinski definition) is 7. The second-order valence-corrected chi connectivity index (χ2v) is 4.96. The van der Waals surface area contributed by atoms with Crippen LogP contribution in [0.15, 0.2) is 29.7 Å². The van der Waals surface area contributed by atoms with E-state index in [1.54, 1.807) is 12.4 Å². The second kappa shape index (κ2) is 4.93. The summed E-state index contributed by atoms with van der Waals surface area (Å²) in [5.41, 5.74) is 7.95. The topological polar surface area (TPSA) is 80.0 Å². The molecule has 0 radical (unpaired) electrons. The lowest BCUT2D eigenvalue weighted by molar-refractivity contribution is 0.838. The van der Waals surface area contributed by atoms with Gasteiger partial charge in [-0.2, -0.15) is 0 Å². The van der Waals surface area contributed by atoms with Crippen LogP contribution in [0, 0.1) is 0 Å². The zero-order chi connectivity index (χ0) is 13.2. The molecule has 0 aromatic carbocycles. The molecule has 0 bridgehead atoms. The third-order valence-electron chi connectivity index (χ3n) is 2.95. The van der Waals surface area contributed by atoms with E-state index in [-0.39, 0.29) is 0 Å². The Bertz CT molecular complexity index is 588. The average molecular weight is 274 g/mol. The highest BCUT2D eigenvalue weighted by atomic mass is 32.2. The van der Waals surface area contributed by atoms with E-state index in [1.807, 2.05) is 18.4 Å². The molecule has 0 unspecified atom stereocenters. The van der Waals surface area contributed by atoms with E-state index in [0.717, 1.165) is 18.1 Å². The minimum Gasteiger partial charge on any atom is -0.382 e. The van der Waals surface area contributed by atoms with Gasteiger partial charge < -0.3 is 16.0 Å². The second-order valence-electron chi connectivity index (χ2n) is 4.18. The van der Waals surface area contributed by atoms with Gasteiger partial charge >= 0.3 is 0 Å². The molecule has 0 atom stereocenters. The van der Waals surface area contributed by atoms with Gasteiger partial charge in [-0.25, -0.2) is 9.97 Å². The van der Waals surface area contributed by atoms with E-state index >= 15 is 0 Å². The maximum absolute atomic E-state index is 5.94. The molecule has 0 amide bonds. The highest BCUT2D eigenvalue weighted by molar-refractivity contribution is 7.98. The van der Waals surface area contributed by atoms with Crippen LogP contribution in [0.2, 0.25) is 0 Å². The lowest BCUT2D eigenvalue weighted by Crippen LogP contribution is -2.22. The number of nitrogen functional groups attached to an aromatic ring is 1. The quantitative estimate of drug-likeness (QED) is 0.649. The van der Waals surface area contributed by atoms with Crippen LogP contribution in [0.25, 0.3) is 0 Å². The fraction of sp³-hybridized carbons (Fsp3) is 0.250. The number of aromatic nitrogens is 3. The Morgan fingerprint density at radius 3 is 2.89 bits per heavy atom. The molecule has 2 aromatic rings. The molecule has 1 aliphatic rings. The third-order valence-corrected chi connectivity index (χ3v) is 3.50. The van der Waals surface area contributed by atoms with Crippen LogP contribution in [-0.2, 0) is 6.54 Å². The number of anilines is 3. The molecule has 19 heavy (non-hydrogen) atoms. The molecular weight excluding hydrogens is 260 g/mol. The molecule has 3 N–H and O–H groups in total. The average Bonchev–Trinajstić information content (AvgIpc) is 2.83. The minimum atomic E-state index is 0.506. The zero-order valence-electron chi connectivity index (χ0n) is 10.5. The SMILES string of the molecule is CSc1nc(N)c2c(n1)N(Cc1ccncc1)CN2. The Kier molecular flexibility index (Phi) is 3.12. The van der Waals surface area contributed by atoms with Crippen molar-refractivity contribution in [2.24, 2.45) is 0 Å². The summed E-state index contributed by atoms with van der Waals surface area (Å²) in [6, 6.07) is 4.00. The summed E-state index contributed by atoms with van der Waals surface area (Å²) >= 11 is 1.49. The van der Waals surface area contributed by atoms with E-state index in [0.29, 0.717) is 17.6 Å². The molecule has 3 heterocycles. The summed E-state index contributed by atoms with van der Waals surface area (Å²) in [5.74, 6) is 1.38. The summed E-state index contributed by atoms with van der Waals surface area (Å²) in [6.45, 7) is 1.46. The van der Waals surface area contributed by atoms with E-state index in [1.165, 1.54) is 17.3 Å². The number of nitrogens with zero attached hydrogens (tertiary/aromatic N) is 4. The number of fused-ring (bicyclic) bond motifs is 1. The van der Waals surface area contributed by atoms with Crippen molar-refractivity contribution < 1.29 is 0 Å². The Labute approximate surface area is 115 Å². The van der Waals surface area contributed by atoms with Crippen LogP contribution in [0.3, 0.4) is 0 Å². The van der Waals surface area contributed by atoms with Crippen molar-refractivity contribution in [3.05, 3.63) is 30.1 Å². The number of nitrogens with one attached hydrogen (secondary N) is 1. The number of nitrogens with two attached hydrogens (primary N) is 1. The number of pyridine rings is 1. The van der Waals surface area contributed by atoms with E-state index < -0.39 is 0 Å². The molecule has 7 heteroatoms. The van der Waals surface area contributed by atoms with Crippen molar-refractivity contribution in [2.75, 3.05) is 28.9 Å². The van der Waals surface area contributed by atoms with Crippen molar-refractivity contribution >= 4 is 29.1 Å². The Hall–Kier alpha value is -2.02. The zero-order valence-corrected chi connectivity index (χ0v) is 11.3. The van der Waals surface area contributed by atoms with Crippen LogP contribution in [0.4, 0.5) is 17.3 Å². The van der Waals surface area contributed by atoms with Gasteiger partial charge in [0.1, 0.15) is 5.69 Å². The fourth-order valence-corrected chi connectivity index (χ4v) is 2.39. The normalized spacial score (nSPS) is 13.2. The molecule has 6 nitrogen and oxygen atoms in total. The molecule has 0 spiro atoms. The predicted octanol–water partition coefficient (Wildman–Crippen LogP) is 1.57. The smallest absolute Gasteiger partial charge is 0.191 e. The first-order chi connectivity index (χ1) is 9.28. The first-order valence-corrected chi connectivity index (χ1v) is 7.09. The number of hydrogen-bond donors (Lipinski definition) is 2. The van der Waals surface area contributed by atoms with Gasteiger partial charge in [-0.15, -0.1) is 0 Å². The van der Waals surface area contributed by atoms with E-state index in [9.17, 15) is 0 Å². The van der Waals surface area contributed by atoms with Crippen LogP contribution in [0.1, 0.15) is 5.56 Å². The van der Waals surface area contributed by atoms with Gasteiger partial charge in [-0.05, 0) is 24.0 Å². The molecule has 98 valence electrons. The molecule has 3 rings (SSSR count). The molecule has 1 aliphatic heterocycles. The number of rotatable bonds is 3. The molecule has 0 aliphatic carbocycles. The monoisotopic (exact) mass is 274 g/mol. The van der Waals surface area contributed by atoms with Crippen molar-refractivity contribution in [3.63, 3.8) is 0 Å². The fourth-order valence-electron chi connectivity index (χ4n) is 2.02. The standard InChI is InChI=1S/C12H14N6S/c1-19-12-16-10(13)9-11(17-12)18(7-15-9)6-8-2-4-14-5-3-8/h2-5,15H,6-7H2,1H3,(H2,13,16,17). The lowest BCUT2D eigenvalue weighted by atomic mass is 10.2. The highest BCUT2D eigenvalue weighted by Gasteiger charge is 2.24. The Morgan fingerprint density at radius 2 is 2.16 bits per heavy atom. The highest BCUT2D eigenvalue weighted by Crippen LogP contribution is 2.35. The van der Waals surface area contributed by atoms with Crippen molar-refractivity contribution in [1.29, 1.82) is 0 Å². The van der Waals surface area contributed by atoms with E-state index in [4.69, 9.17) is 5.73 Å². The van der Waals surface area contributed by atoms with Crippen LogP contribution in [0.5, 0.6) is 0 Å². The van der Waals surface area contributed by atoms with Crippen molar-refractivity contribution in [1.82, 2.24) is 15.0 Å². The minimum absolute atomic E-state index is 0.506. The molecule has 0 saturated heterocycles. The largest absolute Gasteiger partial charge is 0.382 e. The van der Waals surface area contributed by atoms with Gasteiger partial charge in [-0.3, -0.25) is 4.98 Å². The molecular formula is C12H14N6S. The molecule has 0 fully saturated rings. The first kappa shape index (κ1) is 12.0. The van der Waals surface area contributed by atoms with Gasteiger partial charge in [0.25, 0.3) is 0 Å². The van der Waals surface area contributed by atoms with Gasteiger partial charge in [0.2, 0.25) is 0 Å². The van der Waals surface area contributed by atoms with Crippen LogP contribution in [-0.4, -0.2) is 27.9 Å². The van der Waals surface area contributed by atoms with Gasteiger partial charge in [-0.1, -0.05) is 11.8 Å². The van der Waals surface area contributed by atoms with E-state index in [2.05, 4.69) is 25.2 Å². The summed E-state index contributed by atoms with van der Waals surface area (Å²) in [6.07, 6.45) is 5.53. The molecule has 2 aromatic heterocycles. The number of thioether (sulfide) groups is 1. The summed E-state index contributed by atoms with van der Waals surface area (Å²) in [4.78, 5) is 14.9. The Morgan fingerprint density at radius 1 is 1.37 bits per heavy atom. The van der Waals surface area contributed by atoms with Gasteiger partial charge in [0.05, 0.1) is 6.67 Å². The summed E-state index contributed by atoms with van der Waals surface area (Å²) in [7, 11) is 0. The lowest BCUT2D eigenvalue weighted by Gasteiger charge is -2.17. The predicted molar refractivity (Wildman–Crippen MR) is 77.1 cm³/mol. The first-order valence-electron chi connectivity index (χ1n) is 5.87. The molecule has 0 saturated carbocycles. The maximum atomic E-state index is 5.94. The summed E-state index contributed by atoms with van der Waals surface area (Å²) in [5, 5.41) is 3.94. The van der Waals surface area contributed by atoms with Gasteiger partial charge in [0.15, 0.2) is 16.8 Å². The van der Waals surface area contributed by atoms with Crippen LogP contribution >= 0.6 is 11.8 Å². The maximum Gasteiger partial charge on any atom is 0.191 e. The third kappa shape index (κ3) is 2.28. The van der Waals surface area contributed by atoms with Crippen molar-refractivity contribution in [2.45, 2.75) is 11.7 Å². The Balaban J connectivity index is 1.91.